The monoisotopic (exact) mass is 447 g/mol. The highest BCUT2D eigenvalue weighted by molar-refractivity contribution is 7.91. The molecule has 0 saturated carbocycles. The van der Waals surface area contributed by atoms with Gasteiger partial charge >= 0.3 is 0 Å². The minimum absolute atomic E-state index is 0.0330. The molecule has 0 atom stereocenters. The van der Waals surface area contributed by atoms with Crippen molar-refractivity contribution >= 4 is 33.0 Å². The van der Waals surface area contributed by atoms with Crippen molar-refractivity contribution in [2.24, 2.45) is 0 Å². The van der Waals surface area contributed by atoms with Crippen molar-refractivity contribution in [3.05, 3.63) is 70.0 Å². The summed E-state index contributed by atoms with van der Waals surface area (Å²) in [6, 6.07) is 12.5. The van der Waals surface area contributed by atoms with E-state index >= 15 is 0 Å². The van der Waals surface area contributed by atoms with Crippen molar-refractivity contribution in [3.8, 4) is 11.5 Å². The first-order chi connectivity index (χ1) is 14.3. The molecule has 2 aromatic carbocycles. The molecule has 0 aliphatic carbocycles. The van der Waals surface area contributed by atoms with Gasteiger partial charge in [0.25, 0.3) is 5.56 Å². The summed E-state index contributed by atoms with van der Waals surface area (Å²) >= 11 is 5.79. The van der Waals surface area contributed by atoms with Gasteiger partial charge in [-0.1, -0.05) is 11.6 Å². The van der Waals surface area contributed by atoms with E-state index in [4.69, 9.17) is 21.1 Å². The molecule has 1 N–H and O–H groups in total. The van der Waals surface area contributed by atoms with Crippen molar-refractivity contribution in [1.29, 1.82) is 0 Å². The zero-order chi connectivity index (χ0) is 21.3. The van der Waals surface area contributed by atoms with Crippen LogP contribution < -0.4 is 20.3 Å². The number of aromatic nitrogens is 2. The van der Waals surface area contributed by atoms with Crippen LogP contribution in [0.3, 0.4) is 0 Å². The summed E-state index contributed by atoms with van der Waals surface area (Å²) in [5, 5.41) is 6.49. The number of ether oxygens (including phenoxy) is 2. The number of anilines is 1. The summed E-state index contributed by atoms with van der Waals surface area (Å²) in [5.41, 5.74) is -0.187. The quantitative estimate of drug-likeness (QED) is 0.636. The molecular formula is C19H14ClN3O6S. The number of sulfone groups is 1. The van der Waals surface area contributed by atoms with Crippen LogP contribution in [-0.4, -0.2) is 30.9 Å². The van der Waals surface area contributed by atoms with Crippen LogP contribution in [0.4, 0.5) is 5.69 Å². The maximum atomic E-state index is 12.7. The van der Waals surface area contributed by atoms with Crippen LogP contribution >= 0.6 is 11.6 Å². The summed E-state index contributed by atoms with van der Waals surface area (Å²) in [6.07, 6.45) is 0. The molecule has 4 rings (SSSR count). The average Bonchev–Trinajstić information content (AvgIpc) is 3.17. The first-order valence-corrected chi connectivity index (χ1v) is 10.5. The molecule has 0 radical (unpaired) electrons. The van der Waals surface area contributed by atoms with Gasteiger partial charge in [0.15, 0.2) is 16.5 Å². The third-order valence-corrected chi connectivity index (χ3v) is 6.10. The zero-order valence-electron chi connectivity index (χ0n) is 15.2. The highest BCUT2D eigenvalue weighted by Gasteiger charge is 2.21. The topological polar surface area (TPSA) is 117 Å². The van der Waals surface area contributed by atoms with Crippen molar-refractivity contribution in [1.82, 2.24) is 9.78 Å². The van der Waals surface area contributed by atoms with Gasteiger partial charge in [0.2, 0.25) is 22.5 Å². The van der Waals surface area contributed by atoms with Crippen LogP contribution in [0, 0.1) is 0 Å². The Hall–Kier alpha value is -3.37. The maximum absolute atomic E-state index is 12.7. The fraction of sp³-hybridized carbons (Fsp3) is 0.105. The number of nitrogens with one attached hydrogen (secondary N) is 1. The fourth-order valence-electron chi connectivity index (χ4n) is 2.73. The highest BCUT2D eigenvalue weighted by atomic mass is 35.5. The molecule has 1 aliphatic rings. The number of carbonyl (C=O) groups is 1. The van der Waals surface area contributed by atoms with Crippen molar-refractivity contribution < 1.29 is 22.7 Å². The predicted molar refractivity (Wildman–Crippen MR) is 107 cm³/mol. The fourth-order valence-corrected chi connectivity index (χ4v) is 4.05. The van der Waals surface area contributed by atoms with E-state index < -0.39 is 27.8 Å². The molecule has 1 amide bonds. The van der Waals surface area contributed by atoms with E-state index in [0.717, 1.165) is 16.8 Å². The molecule has 11 heteroatoms. The Morgan fingerprint density at radius 3 is 2.57 bits per heavy atom. The molecular weight excluding hydrogens is 434 g/mol. The number of benzene rings is 2. The lowest BCUT2D eigenvalue weighted by Gasteiger charge is -2.09. The van der Waals surface area contributed by atoms with Gasteiger partial charge in [-0.05, 0) is 42.5 Å². The Labute approximate surface area is 175 Å². The number of rotatable bonds is 5. The van der Waals surface area contributed by atoms with Crippen molar-refractivity contribution in [2.45, 2.75) is 16.5 Å². The van der Waals surface area contributed by atoms with Crippen LogP contribution in [0.1, 0.15) is 0 Å². The number of halogens is 1. The number of amides is 1. The minimum atomic E-state index is -3.99. The highest BCUT2D eigenvalue weighted by Crippen LogP contribution is 2.34. The van der Waals surface area contributed by atoms with Crippen molar-refractivity contribution in [2.75, 3.05) is 12.1 Å². The summed E-state index contributed by atoms with van der Waals surface area (Å²) in [6.45, 7) is -0.377. The van der Waals surface area contributed by atoms with Gasteiger partial charge in [-0.25, -0.2) is 13.1 Å². The number of hydrogen-bond acceptors (Lipinski definition) is 7. The number of hydrogen-bond donors (Lipinski definition) is 1. The first kappa shape index (κ1) is 19.9. The Bertz CT molecular complexity index is 1290. The number of carbonyl (C=O) groups excluding carboxylic acids is 1. The Balaban J connectivity index is 1.55. The second-order valence-corrected chi connectivity index (χ2v) is 8.57. The average molecular weight is 448 g/mol. The van der Waals surface area contributed by atoms with Gasteiger partial charge in [0.1, 0.15) is 6.54 Å². The molecule has 0 unspecified atom stereocenters. The summed E-state index contributed by atoms with van der Waals surface area (Å²) in [7, 11) is -3.99. The summed E-state index contributed by atoms with van der Waals surface area (Å²) in [4.78, 5) is 24.4. The van der Waals surface area contributed by atoms with E-state index in [1.165, 1.54) is 24.3 Å². The third kappa shape index (κ3) is 4.00. The molecule has 1 aromatic heterocycles. The smallest absolute Gasteiger partial charge is 0.267 e. The SMILES string of the molecule is O=C(Cn1nc(S(=O)(=O)c2ccc(Cl)cc2)ccc1=O)Nc1ccc2c(c1)OCO2. The van der Waals surface area contributed by atoms with Gasteiger partial charge in [-0.3, -0.25) is 9.59 Å². The zero-order valence-corrected chi connectivity index (χ0v) is 16.8. The molecule has 1 aliphatic heterocycles. The summed E-state index contributed by atoms with van der Waals surface area (Å²) < 4.78 is 36.7. The van der Waals surface area contributed by atoms with E-state index in [0.29, 0.717) is 22.2 Å². The van der Waals surface area contributed by atoms with Crippen LogP contribution in [-0.2, 0) is 21.2 Å². The predicted octanol–water partition coefficient (Wildman–Crippen LogP) is 2.10. The number of nitrogens with zero attached hydrogens (tertiary/aromatic N) is 2. The number of fused-ring (bicyclic) bond motifs is 1. The molecule has 0 fully saturated rings. The standard InChI is InChI=1S/C19H14ClN3O6S/c20-12-1-4-14(5-2-12)30(26,27)18-7-8-19(25)23(22-18)10-17(24)21-13-3-6-15-16(9-13)29-11-28-15/h1-9H,10-11H2,(H,21,24). The van der Waals surface area contributed by atoms with E-state index in [1.54, 1.807) is 18.2 Å². The molecule has 0 spiro atoms. The lowest BCUT2D eigenvalue weighted by molar-refractivity contribution is -0.117. The Morgan fingerprint density at radius 2 is 1.80 bits per heavy atom. The van der Waals surface area contributed by atoms with E-state index in [9.17, 15) is 18.0 Å². The summed E-state index contributed by atoms with van der Waals surface area (Å²) in [5.74, 6) is 0.481. The second-order valence-electron chi connectivity index (χ2n) is 6.24. The minimum Gasteiger partial charge on any atom is -0.454 e. The van der Waals surface area contributed by atoms with Gasteiger partial charge in [-0.15, -0.1) is 0 Å². The molecule has 30 heavy (non-hydrogen) atoms. The van der Waals surface area contributed by atoms with Crippen LogP contribution in [0.25, 0.3) is 0 Å². The Morgan fingerprint density at radius 1 is 1.07 bits per heavy atom. The lowest BCUT2D eigenvalue weighted by Crippen LogP contribution is -2.30. The van der Waals surface area contributed by atoms with Gasteiger partial charge in [0, 0.05) is 22.8 Å². The van der Waals surface area contributed by atoms with Crippen LogP contribution in [0.2, 0.25) is 5.02 Å². The molecule has 154 valence electrons. The van der Waals surface area contributed by atoms with Crippen molar-refractivity contribution in [3.63, 3.8) is 0 Å². The molecule has 0 saturated heterocycles. The van der Waals surface area contributed by atoms with Gasteiger partial charge < -0.3 is 14.8 Å². The first-order valence-electron chi connectivity index (χ1n) is 8.61. The largest absolute Gasteiger partial charge is 0.454 e. The molecule has 2 heterocycles. The van der Waals surface area contributed by atoms with Crippen LogP contribution in [0.5, 0.6) is 11.5 Å². The van der Waals surface area contributed by atoms with E-state index in [2.05, 4.69) is 10.4 Å². The molecule has 9 nitrogen and oxygen atoms in total. The molecule has 3 aromatic rings. The normalized spacial score (nSPS) is 12.6. The lowest BCUT2D eigenvalue weighted by atomic mass is 10.3. The Kier molecular flexibility index (Phi) is 5.18. The van der Waals surface area contributed by atoms with Crippen LogP contribution in [0.15, 0.2) is 69.3 Å². The second kappa shape index (κ2) is 7.81. The van der Waals surface area contributed by atoms with Gasteiger partial charge in [-0.2, -0.15) is 5.10 Å². The molecule has 0 bridgehead atoms. The third-order valence-electron chi connectivity index (χ3n) is 4.19. The van der Waals surface area contributed by atoms with E-state index in [-0.39, 0.29) is 16.7 Å². The van der Waals surface area contributed by atoms with E-state index in [1.807, 2.05) is 0 Å². The van der Waals surface area contributed by atoms with Gasteiger partial charge in [0.05, 0.1) is 4.90 Å². The maximum Gasteiger partial charge on any atom is 0.267 e.